The Morgan fingerprint density at radius 1 is 1.47 bits per heavy atom. The van der Waals surface area contributed by atoms with Gasteiger partial charge in [-0.05, 0) is 11.8 Å². The maximum absolute atomic E-state index is 10.8. The minimum absolute atomic E-state index is 0.0803. The molecule has 7 nitrogen and oxygen atoms in total. The van der Waals surface area contributed by atoms with Crippen LogP contribution in [0.15, 0.2) is 12.4 Å². The molecule has 0 aliphatic rings. The number of hydrogen-bond acceptors (Lipinski definition) is 7. The molecule has 1 aromatic heterocycles. The van der Waals surface area contributed by atoms with Crippen molar-refractivity contribution >= 4 is 34.8 Å². The second-order valence-corrected chi connectivity index (χ2v) is 8.94. The number of aromatic amines is 1. The van der Waals surface area contributed by atoms with E-state index in [9.17, 15) is 4.79 Å². The van der Waals surface area contributed by atoms with Crippen LogP contribution in [0.1, 0.15) is 0 Å². The summed E-state index contributed by atoms with van der Waals surface area (Å²) in [7, 11) is 4.55. The lowest BCUT2D eigenvalue weighted by molar-refractivity contribution is -0.118. The lowest BCUT2D eigenvalue weighted by Gasteiger charge is -2.15. The van der Waals surface area contributed by atoms with Crippen LogP contribution >= 0.6 is 17.1 Å². The minimum Gasteiger partial charge on any atom is -0.358 e. The van der Waals surface area contributed by atoms with E-state index in [0.717, 1.165) is 0 Å². The van der Waals surface area contributed by atoms with E-state index in [4.69, 9.17) is 20.9 Å². The lowest BCUT2D eigenvalue weighted by Crippen LogP contribution is -2.19. The Morgan fingerprint density at radius 3 is 2.29 bits per heavy atom. The molecule has 17 heavy (non-hydrogen) atoms. The Bertz CT molecular complexity index is 324. The third-order valence-electron chi connectivity index (χ3n) is 1.41. The van der Waals surface area contributed by atoms with Crippen LogP contribution in [0.3, 0.4) is 0 Å². The smallest absolute Gasteiger partial charge is 0.247 e. The fourth-order valence-corrected chi connectivity index (χ4v) is 3.27. The molecule has 0 fully saturated rings. The molecule has 10 heteroatoms. The standard InChI is InChI=1S/C5H12NO3PS2.C2H3N3/c1-6-5(7)4-12-10(11,8-2)9-3;1-2-4-5-3-1/h4H2,1-3H3,(H,6,7);1-2H,(H,3,4,5). The summed E-state index contributed by atoms with van der Waals surface area (Å²) in [6, 6.07) is 0. The molecule has 0 aliphatic heterocycles. The summed E-state index contributed by atoms with van der Waals surface area (Å²) in [6.07, 6.45) is 3.17. The molecule has 1 rings (SSSR count). The highest BCUT2D eigenvalue weighted by molar-refractivity contribution is 8.68. The van der Waals surface area contributed by atoms with Crippen molar-refractivity contribution in [2.24, 2.45) is 0 Å². The van der Waals surface area contributed by atoms with Gasteiger partial charge in [0.1, 0.15) is 0 Å². The fraction of sp³-hybridized carbons (Fsp3) is 0.571. The van der Waals surface area contributed by atoms with E-state index in [1.54, 1.807) is 19.4 Å². The Labute approximate surface area is 109 Å². The van der Waals surface area contributed by atoms with Crippen LogP contribution < -0.4 is 5.32 Å². The molecule has 2 N–H and O–H groups in total. The Balaban J connectivity index is 0.000000419. The van der Waals surface area contributed by atoms with Crippen LogP contribution in [-0.4, -0.2) is 48.3 Å². The average molecular weight is 298 g/mol. The van der Waals surface area contributed by atoms with Gasteiger partial charge in [-0.1, -0.05) is 11.4 Å². The number of carbonyl (C=O) groups is 1. The predicted molar refractivity (Wildman–Crippen MR) is 71.2 cm³/mol. The van der Waals surface area contributed by atoms with Gasteiger partial charge in [0.25, 0.3) is 0 Å². The second-order valence-electron chi connectivity index (χ2n) is 2.42. The van der Waals surface area contributed by atoms with Crippen molar-refractivity contribution in [1.29, 1.82) is 0 Å². The van der Waals surface area contributed by atoms with Crippen LogP contribution in [0.2, 0.25) is 0 Å². The molecule has 0 saturated heterocycles. The summed E-state index contributed by atoms with van der Waals surface area (Å²) in [5.41, 5.74) is -2.26. The van der Waals surface area contributed by atoms with E-state index >= 15 is 0 Å². The van der Waals surface area contributed by atoms with Crippen LogP contribution in [0.5, 0.6) is 0 Å². The first-order valence-electron chi connectivity index (χ1n) is 4.44. The molecule has 0 saturated carbocycles. The van der Waals surface area contributed by atoms with Crippen LogP contribution in [0.25, 0.3) is 0 Å². The number of carbonyl (C=O) groups excluding carboxylic acids is 1. The van der Waals surface area contributed by atoms with Crippen molar-refractivity contribution < 1.29 is 13.8 Å². The molecule has 0 radical (unpaired) electrons. The molecular weight excluding hydrogens is 283 g/mol. The van der Waals surface area contributed by atoms with Gasteiger partial charge in [-0.3, -0.25) is 4.79 Å². The number of aromatic nitrogens is 3. The summed E-state index contributed by atoms with van der Waals surface area (Å²) in [4.78, 5) is 10.8. The van der Waals surface area contributed by atoms with Gasteiger partial charge in [0.2, 0.25) is 11.6 Å². The van der Waals surface area contributed by atoms with E-state index in [2.05, 4.69) is 20.7 Å². The van der Waals surface area contributed by atoms with Gasteiger partial charge in [0.05, 0.1) is 18.1 Å². The number of nitrogens with one attached hydrogen (secondary N) is 2. The molecule has 0 atom stereocenters. The maximum atomic E-state index is 10.8. The van der Waals surface area contributed by atoms with Gasteiger partial charge in [-0.2, -0.15) is 15.4 Å². The largest absolute Gasteiger partial charge is 0.358 e. The van der Waals surface area contributed by atoms with Crippen LogP contribution in [0, 0.1) is 0 Å². The average Bonchev–Trinajstić information content (AvgIpc) is 2.94. The van der Waals surface area contributed by atoms with Gasteiger partial charge in [0.15, 0.2) is 0 Å². The summed E-state index contributed by atoms with van der Waals surface area (Å²) >= 11 is 6.25. The van der Waals surface area contributed by atoms with Crippen molar-refractivity contribution in [2.45, 2.75) is 0 Å². The summed E-state index contributed by atoms with van der Waals surface area (Å²) in [5, 5.41) is 11.8. The predicted octanol–water partition coefficient (Wildman–Crippen LogP) is 0.788. The van der Waals surface area contributed by atoms with E-state index in [-0.39, 0.29) is 11.7 Å². The molecule has 1 amide bonds. The van der Waals surface area contributed by atoms with Gasteiger partial charge >= 0.3 is 0 Å². The molecule has 0 spiro atoms. The topological polar surface area (TPSA) is 89.1 Å². The van der Waals surface area contributed by atoms with Crippen molar-refractivity contribution in [1.82, 2.24) is 20.7 Å². The zero-order chi connectivity index (χ0) is 13.1. The van der Waals surface area contributed by atoms with E-state index in [1.165, 1.54) is 25.6 Å². The number of rotatable bonds is 5. The first kappa shape index (κ1) is 16.5. The van der Waals surface area contributed by atoms with Crippen molar-refractivity contribution in [3.8, 4) is 0 Å². The first-order chi connectivity index (χ1) is 8.08. The van der Waals surface area contributed by atoms with E-state index in [1.807, 2.05) is 0 Å². The number of amides is 1. The Morgan fingerprint density at radius 2 is 2.00 bits per heavy atom. The lowest BCUT2D eigenvalue weighted by atomic mass is 10.7. The van der Waals surface area contributed by atoms with E-state index < -0.39 is 5.69 Å². The molecule has 0 unspecified atom stereocenters. The van der Waals surface area contributed by atoms with Crippen molar-refractivity contribution in [3.63, 3.8) is 0 Å². The van der Waals surface area contributed by atoms with Gasteiger partial charge in [-0.25, -0.2) is 0 Å². The Hall–Kier alpha value is -0.470. The third-order valence-corrected chi connectivity index (χ3v) is 7.09. The fourth-order valence-electron chi connectivity index (χ4n) is 0.556. The molecule has 0 aromatic carbocycles. The van der Waals surface area contributed by atoms with Crippen LogP contribution in [-0.2, 0) is 25.6 Å². The number of hydrogen-bond donors (Lipinski definition) is 2. The minimum atomic E-state index is -2.26. The molecule has 0 aliphatic carbocycles. The zero-order valence-electron chi connectivity index (χ0n) is 9.74. The van der Waals surface area contributed by atoms with Crippen molar-refractivity contribution in [2.75, 3.05) is 27.0 Å². The molecule has 0 bridgehead atoms. The van der Waals surface area contributed by atoms with Gasteiger partial charge < -0.3 is 14.4 Å². The third kappa shape index (κ3) is 8.28. The highest BCUT2D eigenvalue weighted by atomic mass is 32.9. The normalized spacial score (nSPS) is 10.3. The highest BCUT2D eigenvalue weighted by Gasteiger charge is 2.17. The molecule has 1 aromatic rings. The summed E-state index contributed by atoms with van der Waals surface area (Å²) in [6.45, 7) is 0. The van der Waals surface area contributed by atoms with Crippen LogP contribution in [0.4, 0.5) is 0 Å². The second kappa shape index (κ2) is 9.55. The quantitative estimate of drug-likeness (QED) is 0.777. The summed E-state index contributed by atoms with van der Waals surface area (Å²) in [5.74, 6) is 0.193. The van der Waals surface area contributed by atoms with Crippen molar-refractivity contribution in [3.05, 3.63) is 12.4 Å². The first-order valence-corrected chi connectivity index (χ1v) is 8.67. The monoisotopic (exact) mass is 298 g/mol. The molecular formula is C7H15N4O3PS2. The molecule has 98 valence electrons. The SMILES string of the molecule is CNC(=O)CSP(=S)(OC)OC.c1cn[nH]n1. The Kier molecular flexibility index (Phi) is 9.28. The summed E-state index contributed by atoms with van der Waals surface area (Å²) < 4.78 is 9.94. The van der Waals surface area contributed by atoms with Gasteiger partial charge in [-0.15, -0.1) is 0 Å². The highest BCUT2D eigenvalue weighted by Crippen LogP contribution is 2.59. The zero-order valence-corrected chi connectivity index (χ0v) is 12.3. The van der Waals surface area contributed by atoms with E-state index in [0.29, 0.717) is 0 Å². The van der Waals surface area contributed by atoms with Gasteiger partial charge in [0, 0.05) is 21.3 Å². The number of nitrogens with zero attached hydrogens (tertiary/aromatic N) is 2. The number of H-pyrrole nitrogens is 1. The molecule has 1 heterocycles. The maximum Gasteiger partial charge on any atom is 0.247 e.